The number of benzene rings is 3. The van der Waals surface area contributed by atoms with Crippen LogP contribution in [0.4, 0.5) is 11.4 Å². The summed E-state index contributed by atoms with van der Waals surface area (Å²) in [7, 11) is 0. The summed E-state index contributed by atoms with van der Waals surface area (Å²) in [5.74, 6) is 0.509. The molecule has 5 nitrogen and oxygen atoms in total. The Hall–Kier alpha value is -3.49. The number of nitriles is 1. The van der Waals surface area contributed by atoms with Crippen LogP contribution >= 0.6 is 11.6 Å². The van der Waals surface area contributed by atoms with E-state index in [0.29, 0.717) is 28.6 Å². The van der Waals surface area contributed by atoms with Crippen LogP contribution in [-0.2, 0) is 11.4 Å². The van der Waals surface area contributed by atoms with Crippen molar-refractivity contribution < 1.29 is 9.53 Å². The van der Waals surface area contributed by atoms with E-state index >= 15 is 0 Å². The zero-order valence-corrected chi connectivity index (χ0v) is 16.6. The Morgan fingerprint density at radius 3 is 2.59 bits per heavy atom. The Bertz CT molecular complexity index is 1030. The van der Waals surface area contributed by atoms with Gasteiger partial charge in [0.05, 0.1) is 11.6 Å². The van der Waals surface area contributed by atoms with Gasteiger partial charge in [-0.25, -0.2) is 0 Å². The molecule has 0 aromatic heterocycles. The van der Waals surface area contributed by atoms with Crippen molar-refractivity contribution in [3.63, 3.8) is 0 Å². The number of carbonyl (C=O) groups is 1. The third-order valence-electron chi connectivity index (χ3n) is 4.18. The molecule has 3 rings (SSSR count). The van der Waals surface area contributed by atoms with Crippen molar-refractivity contribution in [2.45, 2.75) is 19.6 Å². The van der Waals surface area contributed by atoms with E-state index in [0.717, 1.165) is 11.3 Å². The quantitative estimate of drug-likeness (QED) is 0.564. The first-order valence-corrected chi connectivity index (χ1v) is 9.46. The summed E-state index contributed by atoms with van der Waals surface area (Å²) in [5, 5.41) is 15.6. The molecule has 0 aliphatic heterocycles. The summed E-state index contributed by atoms with van der Waals surface area (Å²) in [6, 6.07) is 23.3. The zero-order valence-electron chi connectivity index (χ0n) is 15.9. The molecule has 0 fully saturated rings. The Kier molecular flexibility index (Phi) is 6.72. The normalized spacial score (nSPS) is 11.2. The lowest BCUT2D eigenvalue weighted by molar-refractivity contribution is -0.116. The Labute approximate surface area is 174 Å². The minimum Gasteiger partial charge on any atom is -0.489 e. The van der Waals surface area contributed by atoms with Gasteiger partial charge in [0.1, 0.15) is 18.4 Å². The van der Waals surface area contributed by atoms with Gasteiger partial charge in [-0.3, -0.25) is 4.79 Å². The van der Waals surface area contributed by atoms with Crippen LogP contribution in [0.25, 0.3) is 0 Å². The SMILES string of the molecule is CC(Nc1cccc(OCc2cccc(C#N)c2)c1)C(=O)Nc1ccc(Cl)cc1. The number of rotatable bonds is 7. The lowest BCUT2D eigenvalue weighted by Crippen LogP contribution is -2.31. The number of amides is 1. The number of ether oxygens (including phenoxy) is 1. The highest BCUT2D eigenvalue weighted by Gasteiger charge is 2.13. The first kappa shape index (κ1) is 20.2. The largest absolute Gasteiger partial charge is 0.489 e. The number of nitrogens with zero attached hydrogens (tertiary/aromatic N) is 1. The van der Waals surface area contributed by atoms with Crippen molar-refractivity contribution >= 4 is 28.9 Å². The molecule has 0 aliphatic carbocycles. The van der Waals surface area contributed by atoms with E-state index in [1.807, 2.05) is 36.4 Å². The van der Waals surface area contributed by atoms with Crippen LogP contribution in [0.1, 0.15) is 18.1 Å². The van der Waals surface area contributed by atoms with Crippen LogP contribution < -0.4 is 15.4 Å². The van der Waals surface area contributed by atoms with E-state index in [4.69, 9.17) is 21.6 Å². The van der Waals surface area contributed by atoms with E-state index in [1.54, 1.807) is 43.3 Å². The fourth-order valence-electron chi connectivity index (χ4n) is 2.67. The van der Waals surface area contributed by atoms with Gasteiger partial charge in [-0.2, -0.15) is 5.26 Å². The lowest BCUT2D eigenvalue weighted by Gasteiger charge is -2.16. The van der Waals surface area contributed by atoms with Crippen molar-refractivity contribution in [1.29, 1.82) is 5.26 Å². The molecule has 1 amide bonds. The second kappa shape index (κ2) is 9.63. The van der Waals surface area contributed by atoms with Crippen LogP contribution in [0.5, 0.6) is 5.75 Å². The van der Waals surface area contributed by atoms with Gasteiger partial charge < -0.3 is 15.4 Å². The van der Waals surface area contributed by atoms with Crippen LogP contribution in [0.2, 0.25) is 5.02 Å². The Balaban J connectivity index is 1.57. The summed E-state index contributed by atoms with van der Waals surface area (Å²) in [5.41, 5.74) is 2.97. The Morgan fingerprint density at radius 2 is 1.83 bits per heavy atom. The minimum atomic E-state index is -0.451. The number of hydrogen-bond acceptors (Lipinski definition) is 4. The number of anilines is 2. The summed E-state index contributed by atoms with van der Waals surface area (Å²) in [4.78, 5) is 12.4. The highest BCUT2D eigenvalue weighted by atomic mass is 35.5. The van der Waals surface area contributed by atoms with Gasteiger partial charge in [-0.1, -0.05) is 29.8 Å². The monoisotopic (exact) mass is 405 g/mol. The topological polar surface area (TPSA) is 74.1 Å². The van der Waals surface area contributed by atoms with Crippen molar-refractivity contribution in [1.82, 2.24) is 0 Å². The van der Waals surface area contributed by atoms with Gasteiger partial charge >= 0.3 is 0 Å². The summed E-state index contributed by atoms with van der Waals surface area (Å²) in [6.45, 7) is 2.14. The second-order valence-electron chi connectivity index (χ2n) is 6.49. The number of hydrogen-bond donors (Lipinski definition) is 2. The van der Waals surface area contributed by atoms with Gasteiger partial charge in [0, 0.05) is 22.5 Å². The lowest BCUT2D eigenvalue weighted by atomic mass is 10.1. The van der Waals surface area contributed by atoms with Crippen LogP contribution in [0.15, 0.2) is 72.8 Å². The predicted octanol–water partition coefficient (Wildman–Crippen LogP) is 5.23. The zero-order chi connectivity index (χ0) is 20.6. The maximum absolute atomic E-state index is 12.4. The first-order valence-electron chi connectivity index (χ1n) is 9.08. The van der Waals surface area contributed by atoms with Crippen LogP contribution in [-0.4, -0.2) is 11.9 Å². The molecule has 0 saturated carbocycles. The maximum Gasteiger partial charge on any atom is 0.246 e. The number of carbonyl (C=O) groups excluding carboxylic acids is 1. The third kappa shape index (κ3) is 6.00. The van der Waals surface area contributed by atoms with E-state index < -0.39 is 6.04 Å². The van der Waals surface area contributed by atoms with Crippen molar-refractivity contribution in [3.8, 4) is 11.8 Å². The van der Waals surface area contributed by atoms with Crippen molar-refractivity contribution in [2.75, 3.05) is 10.6 Å². The number of nitrogens with one attached hydrogen (secondary N) is 2. The Morgan fingerprint density at radius 1 is 1.07 bits per heavy atom. The molecule has 0 radical (unpaired) electrons. The summed E-state index contributed by atoms with van der Waals surface area (Å²) in [6.07, 6.45) is 0. The second-order valence-corrected chi connectivity index (χ2v) is 6.93. The van der Waals surface area contributed by atoms with Crippen LogP contribution in [0, 0.1) is 11.3 Å². The van der Waals surface area contributed by atoms with Gasteiger partial charge in [0.15, 0.2) is 0 Å². The predicted molar refractivity (Wildman–Crippen MR) is 115 cm³/mol. The van der Waals surface area contributed by atoms with E-state index in [1.165, 1.54) is 0 Å². The van der Waals surface area contributed by atoms with Gasteiger partial charge in [0.25, 0.3) is 0 Å². The fourth-order valence-corrected chi connectivity index (χ4v) is 2.80. The third-order valence-corrected chi connectivity index (χ3v) is 4.44. The molecular weight excluding hydrogens is 386 g/mol. The van der Waals surface area contributed by atoms with E-state index in [-0.39, 0.29) is 5.91 Å². The van der Waals surface area contributed by atoms with Gasteiger partial charge in [-0.05, 0) is 61.0 Å². The molecule has 3 aromatic carbocycles. The molecule has 1 unspecified atom stereocenters. The van der Waals surface area contributed by atoms with Gasteiger partial charge in [-0.15, -0.1) is 0 Å². The molecule has 0 bridgehead atoms. The highest BCUT2D eigenvalue weighted by Crippen LogP contribution is 2.20. The van der Waals surface area contributed by atoms with Crippen molar-refractivity contribution in [3.05, 3.63) is 88.9 Å². The van der Waals surface area contributed by atoms with E-state index in [9.17, 15) is 4.79 Å². The molecule has 3 aromatic rings. The smallest absolute Gasteiger partial charge is 0.246 e. The molecule has 1 atom stereocenters. The van der Waals surface area contributed by atoms with Crippen molar-refractivity contribution in [2.24, 2.45) is 0 Å². The molecule has 0 heterocycles. The molecular formula is C23H20ClN3O2. The highest BCUT2D eigenvalue weighted by molar-refractivity contribution is 6.30. The standard InChI is InChI=1S/C23H20ClN3O2/c1-16(23(28)27-20-10-8-19(24)9-11-20)26-21-6-3-7-22(13-21)29-15-18-5-2-4-17(12-18)14-25/h2-13,16,26H,15H2,1H3,(H,27,28). The first-order chi connectivity index (χ1) is 14.0. The average molecular weight is 406 g/mol. The average Bonchev–Trinajstić information content (AvgIpc) is 2.74. The fraction of sp³-hybridized carbons (Fsp3) is 0.130. The molecule has 29 heavy (non-hydrogen) atoms. The molecule has 0 saturated heterocycles. The minimum absolute atomic E-state index is 0.160. The molecule has 0 spiro atoms. The van der Waals surface area contributed by atoms with Gasteiger partial charge in [0.2, 0.25) is 5.91 Å². The summed E-state index contributed by atoms with van der Waals surface area (Å²) < 4.78 is 5.82. The molecule has 146 valence electrons. The molecule has 0 aliphatic rings. The molecule has 6 heteroatoms. The number of halogens is 1. The summed E-state index contributed by atoms with van der Waals surface area (Å²) >= 11 is 5.86. The molecule has 2 N–H and O–H groups in total. The van der Waals surface area contributed by atoms with Crippen LogP contribution in [0.3, 0.4) is 0 Å². The maximum atomic E-state index is 12.4. The van der Waals surface area contributed by atoms with E-state index in [2.05, 4.69) is 16.7 Å².